The molecule has 0 saturated carbocycles. The van der Waals surface area contributed by atoms with Crippen LogP contribution >= 0.6 is 0 Å². The van der Waals surface area contributed by atoms with Crippen LogP contribution in [0.2, 0.25) is 0 Å². The maximum absolute atomic E-state index is 13.6. The molecule has 0 saturated heterocycles. The molecule has 1 atom stereocenters. The monoisotopic (exact) mass is 173 g/mol. The maximum Gasteiger partial charge on any atom is 0.232 e. The average Bonchev–Trinajstić information content (AvgIpc) is 2.11. The molecule has 0 aliphatic rings. The van der Waals surface area contributed by atoms with Gasteiger partial charge in [-0.1, -0.05) is 26.7 Å². The zero-order valence-electron chi connectivity index (χ0n) is 7.72. The second-order valence-corrected chi connectivity index (χ2v) is 2.88. The van der Waals surface area contributed by atoms with Crippen molar-refractivity contribution in [2.24, 2.45) is 4.99 Å². The summed E-state index contributed by atoms with van der Waals surface area (Å²) in [6.07, 6.45) is 4.11. The molecule has 3 heteroatoms. The summed E-state index contributed by atoms with van der Waals surface area (Å²) in [4.78, 5) is 13.2. The van der Waals surface area contributed by atoms with Crippen LogP contribution < -0.4 is 0 Å². The molecule has 1 unspecified atom stereocenters. The molecule has 0 aromatic heterocycles. The number of amides is 1. The van der Waals surface area contributed by atoms with Crippen molar-refractivity contribution in [2.75, 3.05) is 0 Å². The average molecular weight is 173 g/mol. The van der Waals surface area contributed by atoms with E-state index in [1.54, 1.807) is 6.92 Å². The van der Waals surface area contributed by atoms with Crippen molar-refractivity contribution in [2.45, 2.75) is 45.2 Å². The molecular formula is C9H16FNO. The number of rotatable bonds is 6. The summed E-state index contributed by atoms with van der Waals surface area (Å²) in [6, 6.07) is 0. The molecule has 0 aliphatic carbocycles. The van der Waals surface area contributed by atoms with Gasteiger partial charge in [-0.2, -0.15) is 0 Å². The lowest BCUT2D eigenvalue weighted by Gasteiger charge is -2.17. The fourth-order valence-corrected chi connectivity index (χ4v) is 0.967. The minimum atomic E-state index is -1.38. The van der Waals surface area contributed by atoms with Crippen molar-refractivity contribution in [3.8, 4) is 0 Å². The van der Waals surface area contributed by atoms with E-state index >= 15 is 0 Å². The van der Waals surface area contributed by atoms with Crippen molar-refractivity contribution in [1.82, 2.24) is 0 Å². The Bertz CT molecular complexity index is 159. The summed E-state index contributed by atoms with van der Waals surface area (Å²) in [6.45, 7) is 3.76. The van der Waals surface area contributed by atoms with Gasteiger partial charge in [-0.05, 0) is 12.8 Å². The number of carbonyl (C=O) groups excluding carboxylic acids is 1. The highest BCUT2D eigenvalue weighted by Crippen LogP contribution is 2.20. The maximum atomic E-state index is 13.6. The number of aliphatic imine (C=N–C) groups is 1. The molecule has 0 heterocycles. The molecule has 1 amide bonds. The molecule has 70 valence electrons. The summed E-state index contributed by atoms with van der Waals surface area (Å²) in [7, 11) is 0. The van der Waals surface area contributed by atoms with E-state index in [2.05, 4.69) is 4.99 Å². The summed E-state index contributed by atoms with van der Waals surface area (Å²) >= 11 is 0. The Kier molecular flexibility index (Phi) is 5.51. The first-order chi connectivity index (χ1) is 5.68. The summed E-state index contributed by atoms with van der Waals surface area (Å²) in [5, 5.41) is 0. The minimum Gasteiger partial charge on any atom is -0.276 e. The smallest absolute Gasteiger partial charge is 0.232 e. The van der Waals surface area contributed by atoms with E-state index in [0.29, 0.717) is 19.3 Å². The normalized spacial score (nSPS) is 16.2. The van der Waals surface area contributed by atoms with Gasteiger partial charge in [0.15, 0.2) is 0 Å². The third-order valence-corrected chi connectivity index (χ3v) is 1.90. The Morgan fingerprint density at radius 2 is 2.17 bits per heavy atom. The molecule has 0 aromatic rings. The van der Waals surface area contributed by atoms with Crippen molar-refractivity contribution < 1.29 is 9.18 Å². The molecule has 0 fully saturated rings. The van der Waals surface area contributed by atoms with Gasteiger partial charge in [0, 0.05) is 6.21 Å². The molecule has 0 rings (SSSR count). The van der Waals surface area contributed by atoms with E-state index in [1.807, 2.05) is 6.92 Å². The van der Waals surface area contributed by atoms with E-state index in [4.69, 9.17) is 0 Å². The lowest BCUT2D eigenvalue weighted by atomic mass is 9.97. The molecule has 12 heavy (non-hydrogen) atoms. The second-order valence-electron chi connectivity index (χ2n) is 2.88. The van der Waals surface area contributed by atoms with Gasteiger partial charge in [0.25, 0.3) is 0 Å². The first kappa shape index (κ1) is 11.3. The Labute approximate surface area is 72.9 Å². The van der Waals surface area contributed by atoms with Crippen LogP contribution in [0.15, 0.2) is 4.99 Å². The minimum absolute atomic E-state index is 0.371. The topological polar surface area (TPSA) is 29.4 Å². The van der Waals surface area contributed by atoms with Gasteiger partial charge >= 0.3 is 0 Å². The van der Waals surface area contributed by atoms with E-state index in [-0.39, 0.29) is 0 Å². The number of unbranched alkanes of at least 4 members (excludes halogenated alkanes) is 1. The van der Waals surface area contributed by atoms with Crippen molar-refractivity contribution >= 4 is 12.6 Å². The molecular weight excluding hydrogens is 157 g/mol. The lowest BCUT2D eigenvalue weighted by molar-refractivity contribution is -0.106. The van der Waals surface area contributed by atoms with Gasteiger partial charge in [-0.15, -0.1) is 0 Å². The van der Waals surface area contributed by atoms with E-state index in [0.717, 1.165) is 19.1 Å². The van der Waals surface area contributed by atoms with Crippen LogP contribution in [0.1, 0.15) is 39.5 Å². The van der Waals surface area contributed by atoms with Gasteiger partial charge in [0.05, 0.1) is 0 Å². The number of halogens is 1. The van der Waals surface area contributed by atoms with Crippen LogP contribution in [0.5, 0.6) is 0 Å². The number of hydrogen-bond acceptors (Lipinski definition) is 1. The Balaban J connectivity index is 4.03. The molecule has 0 radical (unpaired) electrons. The highest BCUT2D eigenvalue weighted by molar-refractivity contribution is 5.76. The molecule has 0 spiro atoms. The van der Waals surface area contributed by atoms with Crippen molar-refractivity contribution in [1.29, 1.82) is 0 Å². The second kappa shape index (κ2) is 5.86. The standard InChI is InChI=1S/C9H16FNO/c1-3-5-6-9(10,4-2)7-11-8-12/h7-8H,3-6H2,1-2H3. The number of nitrogens with zero attached hydrogens (tertiary/aromatic N) is 1. The fourth-order valence-electron chi connectivity index (χ4n) is 0.967. The fraction of sp³-hybridized carbons (Fsp3) is 0.778. The third kappa shape index (κ3) is 4.21. The van der Waals surface area contributed by atoms with Crippen LogP contribution in [-0.4, -0.2) is 18.3 Å². The van der Waals surface area contributed by atoms with E-state index in [9.17, 15) is 9.18 Å². The highest BCUT2D eigenvalue weighted by Gasteiger charge is 2.23. The number of hydrogen-bond donors (Lipinski definition) is 0. The molecule has 0 aliphatic heterocycles. The Hall–Kier alpha value is -0.730. The largest absolute Gasteiger partial charge is 0.276 e. The number of carbonyl (C=O) groups is 1. The first-order valence-corrected chi connectivity index (χ1v) is 4.35. The Morgan fingerprint density at radius 3 is 2.58 bits per heavy atom. The van der Waals surface area contributed by atoms with Gasteiger partial charge in [0.2, 0.25) is 6.41 Å². The predicted octanol–water partition coefficient (Wildman–Crippen LogP) is 2.52. The summed E-state index contributed by atoms with van der Waals surface area (Å²) in [5.41, 5.74) is -1.38. The molecule has 2 nitrogen and oxygen atoms in total. The SMILES string of the molecule is CCCCC(F)(C=NC=O)CC. The van der Waals surface area contributed by atoms with Crippen LogP contribution in [0.25, 0.3) is 0 Å². The number of alkyl halides is 1. The first-order valence-electron chi connectivity index (χ1n) is 4.35. The van der Waals surface area contributed by atoms with Crippen molar-refractivity contribution in [3.05, 3.63) is 0 Å². The van der Waals surface area contributed by atoms with Crippen LogP contribution in [0, 0.1) is 0 Å². The van der Waals surface area contributed by atoms with E-state index < -0.39 is 5.67 Å². The van der Waals surface area contributed by atoms with Crippen LogP contribution in [0.4, 0.5) is 4.39 Å². The zero-order valence-corrected chi connectivity index (χ0v) is 7.72. The predicted molar refractivity (Wildman–Crippen MR) is 48.2 cm³/mol. The van der Waals surface area contributed by atoms with Gasteiger partial charge in [0.1, 0.15) is 5.67 Å². The molecule has 0 bridgehead atoms. The quantitative estimate of drug-likeness (QED) is 0.448. The lowest BCUT2D eigenvalue weighted by Crippen LogP contribution is -2.23. The Morgan fingerprint density at radius 1 is 1.50 bits per heavy atom. The summed E-state index contributed by atoms with van der Waals surface area (Å²) < 4.78 is 13.6. The van der Waals surface area contributed by atoms with Gasteiger partial charge in [-0.25, -0.2) is 9.38 Å². The van der Waals surface area contributed by atoms with E-state index in [1.165, 1.54) is 0 Å². The van der Waals surface area contributed by atoms with Crippen molar-refractivity contribution in [3.63, 3.8) is 0 Å². The zero-order chi connectivity index (χ0) is 9.45. The summed E-state index contributed by atoms with van der Waals surface area (Å²) in [5.74, 6) is 0. The van der Waals surface area contributed by atoms with Crippen LogP contribution in [-0.2, 0) is 4.79 Å². The van der Waals surface area contributed by atoms with Gasteiger partial charge < -0.3 is 0 Å². The van der Waals surface area contributed by atoms with Crippen LogP contribution in [0.3, 0.4) is 0 Å². The third-order valence-electron chi connectivity index (χ3n) is 1.90. The molecule has 0 aromatic carbocycles. The highest BCUT2D eigenvalue weighted by atomic mass is 19.1. The van der Waals surface area contributed by atoms with Gasteiger partial charge in [-0.3, -0.25) is 4.79 Å². The molecule has 0 N–H and O–H groups in total.